The monoisotopic (exact) mass is 283 g/mol. The van der Waals surface area contributed by atoms with E-state index < -0.39 is 0 Å². The third kappa shape index (κ3) is 4.28. The molecule has 0 bridgehead atoms. The van der Waals surface area contributed by atoms with Gasteiger partial charge in [-0.15, -0.1) is 11.3 Å². The second-order valence-electron chi connectivity index (χ2n) is 6.21. The van der Waals surface area contributed by atoms with E-state index in [-0.39, 0.29) is 11.3 Å². The molecule has 0 saturated heterocycles. The molecule has 1 atom stereocenters. The van der Waals surface area contributed by atoms with Gasteiger partial charge in [-0.2, -0.15) is 0 Å². The Morgan fingerprint density at radius 1 is 1.42 bits per heavy atom. The molecule has 0 aliphatic heterocycles. The van der Waals surface area contributed by atoms with Crippen molar-refractivity contribution in [1.82, 2.24) is 15.2 Å². The minimum absolute atomic E-state index is 0.00904. The summed E-state index contributed by atoms with van der Waals surface area (Å²) < 4.78 is 0. The molecule has 1 heterocycles. The average Bonchev–Trinajstić information content (AvgIpc) is 2.67. The third-order valence-corrected chi connectivity index (χ3v) is 4.67. The van der Waals surface area contributed by atoms with Crippen molar-refractivity contribution in [2.24, 2.45) is 0 Å². The van der Waals surface area contributed by atoms with Crippen LogP contribution in [-0.2, 0) is 5.41 Å². The van der Waals surface area contributed by atoms with E-state index >= 15 is 0 Å². The molecular weight excluding hydrogens is 258 g/mol. The highest BCUT2D eigenvalue weighted by Gasteiger charge is 2.23. The average molecular weight is 283 g/mol. The SMILES string of the molecule is Cc1nc(C(C)(C)C)sc1C(=O)NCC(C)N(C)C. The van der Waals surface area contributed by atoms with Gasteiger partial charge in [-0.3, -0.25) is 4.79 Å². The van der Waals surface area contributed by atoms with Crippen molar-refractivity contribution in [3.05, 3.63) is 15.6 Å². The summed E-state index contributed by atoms with van der Waals surface area (Å²) in [5.74, 6) is -0.0146. The number of nitrogens with zero attached hydrogens (tertiary/aromatic N) is 2. The Labute approximate surface area is 120 Å². The standard InChI is InChI=1S/C14H25N3OS/c1-9(17(6)7)8-15-12(18)11-10(2)16-13(19-11)14(3,4)5/h9H,8H2,1-7H3,(H,15,18). The van der Waals surface area contributed by atoms with Crippen molar-refractivity contribution in [3.63, 3.8) is 0 Å². The highest BCUT2D eigenvalue weighted by molar-refractivity contribution is 7.14. The highest BCUT2D eigenvalue weighted by atomic mass is 32.1. The number of carbonyl (C=O) groups is 1. The molecule has 0 aliphatic rings. The maximum absolute atomic E-state index is 12.2. The summed E-state index contributed by atoms with van der Waals surface area (Å²) in [6, 6.07) is 0.319. The Hall–Kier alpha value is -0.940. The van der Waals surface area contributed by atoms with Crippen LogP contribution in [0.3, 0.4) is 0 Å². The topological polar surface area (TPSA) is 45.2 Å². The zero-order valence-corrected chi connectivity index (χ0v) is 13.8. The molecule has 1 N–H and O–H groups in total. The first-order valence-corrected chi connectivity index (χ1v) is 7.37. The van der Waals surface area contributed by atoms with Crippen LogP contribution in [0.25, 0.3) is 0 Å². The molecule has 108 valence electrons. The van der Waals surface area contributed by atoms with Gasteiger partial charge in [0.2, 0.25) is 0 Å². The molecule has 0 radical (unpaired) electrons. The molecule has 19 heavy (non-hydrogen) atoms. The first-order valence-electron chi connectivity index (χ1n) is 6.55. The number of hydrogen-bond acceptors (Lipinski definition) is 4. The Bertz CT molecular complexity index is 446. The normalized spacial score (nSPS) is 13.7. The molecule has 1 aromatic heterocycles. The number of hydrogen-bond donors (Lipinski definition) is 1. The van der Waals surface area contributed by atoms with Crippen LogP contribution in [-0.4, -0.2) is 42.5 Å². The highest BCUT2D eigenvalue weighted by Crippen LogP contribution is 2.29. The minimum atomic E-state index is -0.0146. The van der Waals surface area contributed by atoms with Gasteiger partial charge < -0.3 is 10.2 Å². The molecule has 1 rings (SSSR count). The maximum atomic E-state index is 12.2. The van der Waals surface area contributed by atoms with Crippen molar-refractivity contribution in [3.8, 4) is 0 Å². The van der Waals surface area contributed by atoms with Crippen LogP contribution in [0.4, 0.5) is 0 Å². The number of aryl methyl sites for hydroxylation is 1. The van der Waals surface area contributed by atoms with E-state index in [9.17, 15) is 4.79 Å². The number of amides is 1. The number of carbonyl (C=O) groups excluding carboxylic acids is 1. The predicted molar refractivity (Wildman–Crippen MR) is 81.0 cm³/mol. The number of likely N-dealkylation sites (N-methyl/N-ethyl adjacent to an activating group) is 1. The summed E-state index contributed by atoms with van der Waals surface area (Å²) in [7, 11) is 4.01. The third-order valence-electron chi connectivity index (χ3n) is 3.08. The molecule has 1 amide bonds. The lowest BCUT2D eigenvalue weighted by Crippen LogP contribution is -2.38. The van der Waals surface area contributed by atoms with Crippen LogP contribution in [0, 0.1) is 6.92 Å². The fourth-order valence-corrected chi connectivity index (χ4v) is 2.47. The maximum Gasteiger partial charge on any atom is 0.263 e. The second-order valence-corrected chi connectivity index (χ2v) is 7.21. The number of nitrogens with one attached hydrogen (secondary N) is 1. The predicted octanol–water partition coefficient (Wildman–Crippen LogP) is 2.43. The van der Waals surface area contributed by atoms with Crippen molar-refractivity contribution >= 4 is 17.2 Å². The molecule has 0 saturated carbocycles. The van der Waals surface area contributed by atoms with Crippen LogP contribution in [0.15, 0.2) is 0 Å². The summed E-state index contributed by atoms with van der Waals surface area (Å²) in [5, 5.41) is 3.99. The Morgan fingerprint density at radius 2 is 2.00 bits per heavy atom. The first-order chi connectivity index (χ1) is 8.62. The lowest BCUT2D eigenvalue weighted by molar-refractivity contribution is 0.0947. The summed E-state index contributed by atoms with van der Waals surface area (Å²) >= 11 is 1.50. The Morgan fingerprint density at radius 3 is 2.42 bits per heavy atom. The molecular formula is C14H25N3OS. The fourth-order valence-electron chi connectivity index (χ4n) is 1.43. The molecule has 1 aromatic rings. The molecule has 0 aliphatic carbocycles. The van der Waals surface area contributed by atoms with Gasteiger partial charge in [0, 0.05) is 18.0 Å². The summed E-state index contributed by atoms with van der Waals surface area (Å²) in [6.45, 7) is 11.0. The van der Waals surface area contributed by atoms with E-state index in [1.807, 2.05) is 21.0 Å². The quantitative estimate of drug-likeness (QED) is 0.923. The fraction of sp³-hybridized carbons (Fsp3) is 0.714. The zero-order chi connectivity index (χ0) is 14.8. The zero-order valence-electron chi connectivity index (χ0n) is 13.0. The van der Waals surface area contributed by atoms with E-state index in [4.69, 9.17) is 0 Å². The molecule has 5 heteroatoms. The van der Waals surface area contributed by atoms with Crippen LogP contribution < -0.4 is 5.32 Å². The minimum Gasteiger partial charge on any atom is -0.350 e. The van der Waals surface area contributed by atoms with Gasteiger partial charge in [-0.1, -0.05) is 20.8 Å². The lowest BCUT2D eigenvalue weighted by Gasteiger charge is -2.19. The number of aromatic nitrogens is 1. The lowest BCUT2D eigenvalue weighted by atomic mass is 9.98. The van der Waals surface area contributed by atoms with Gasteiger partial charge in [0.05, 0.1) is 10.7 Å². The van der Waals surface area contributed by atoms with Crippen LogP contribution >= 0.6 is 11.3 Å². The largest absolute Gasteiger partial charge is 0.350 e. The van der Waals surface area contributed by atoms with E-state index in [0.29, 0.717) is 12.6 Å². The van der Waals surface area contributed by atoms with E-state index in [0.717, 1.165) is 15.6 Å². The molecule has 0 fully saturated rings. The van der Waals surface area contributed by atoms with Crippen molar-refractivity contribution < 1.29 is 4.79 Å². The molecule has 0 spiro atoms. The summed E-state index contributed by atoms with van der Waals surface area (Å²) in [6.07, 6.45) is 0. The second kappa shape index (κ2) is 6.01. The van der Waals surface area contributed by atoms with Crippen molar-refractivity contribution in [1.29, 1.82) is 0 Å². The number of rotatable bonds is 4. The van der Waals surface area contributed by atoms with Crippen molar-refractivity contribution in [2.75, 3.05) is 20.6 Å². The van der Waals surface area contributed by atoms with Crippen LogP contribution in [0.1, 0.15) is 48.1 Å². The smallest absolute Gasteiger partial charge is 0.263 e. The van der Waals surface area contributed by atoms with Gasteiger partial charge in [0.1, 0.15) is 4.88 Å². The van der Waals surface area contributed by atoms with Gasteiger partial charge >= 0.3 is 0 Å². The Balaban J connectivity index is 2.75. The van der Waals surface area contributed by atoms with E-state index in [1.54, 1.807) is 0 Å². The van der Waals surface area contributed by atoms with Crippen LogP contribution in [0.5, 0.6) is 0 Å². The van der Waals surface area contributed by atoms with Gasteiger partial charge in [-0.25, -0.2) is 4.98 Å². The number of thiazole rings is 1. The first kappa shape index (κ1) is 16.1. The summed E-state index contributed by atoms with van der Waals surface area (Å²) in [5.41, 5.74) is 0.815. The van der Waals surface area contributed by atoms with Gasteiger partial charge in [0.15, 0.2) is 0 Å². The van der Waals surface area contributed by atoms with Crippen LogP contribution in [0.2, 0.25) is 0 Å². The summed E-state index contributed by atoms with van der Waals surface area (Å²) in [4.78, 5) is 19.5. The molecule has 0 aromatic carbocycles. The van der Waals surface area contributed by atoms with Gasteiger partial charge in [-0.05, 0) is 27.9 Å². The van der Waals surface area contributed by atoms with E-state index in [2.05, 4.69) is 42.9 Å². The molecule has 4 nitrogen and oxygen atoms in total. The van der Waals surface area contributed by atoms with Gasteiger partial charge in [0.25, 0.3) is 5.91 Å². The van der Waals surface area contributed by atoms with Crippen molar-refractivity contribution in [2.45, 2.75) is 46.1 Å². The molecule has 1 unspecified atom stereocenters. The van der Waals surface area contributed by atoms with E-state index in [1.165, 1.54) is 11.3 Å². The Kier molecular flexibility index (Phi) is 5.10.